The number of aromatic nitrogens is 1. The van der Waals surface area contributed by atoms with E-state index >= 15 is 0 Å². The fourth-order valence-electron chi connectivity index (χ4n) is 1.96. The molecule has 1 atom stereocenters. The van der Waals surface area contributed by atoms with Crippen molar-refractivity contribution in [3.05, 3.63) is 16.1 Å². The minimum Gasteiger partial charge on any atom is -0.381 e. The molecule has 0 spiro atoms. The summed E-state index contributed by atoms with van der Waals surface area (Å²) in [5.41, 5.74) is 5.71. The first-order chi connectivity index (χ1) is 7.24. The lowest BCUT2D eigenvalue weighted by Crippen LogP contribution is -2.32. The number of hydrogen-bond acceptors (Lipinski definition) is 4. The Hall–Kier alpha value is -0.450. The first-order valence-corrected chi connectivity index (χ1v) is 6.29. The van der Waals surface area contributed by atoms with Crippen LogP contribution >= 0.6 is 11.3 Å². The van der Waals surface area contributed by atoms with Gasteiger partial charge in [-0.1, -0.05) is 6.92 Å². The molecular weight excluding hydrogens is 208 g/mol. The Morgan fingerprint density at radius 3 is 3.20 bits per heavy atom. The fourth-order valence-corrected chi connectivity index (χ4v) is 3.05. The topological polar surface area (TPSA) is 48.1 Å². The van der Waals surface area contributed by atoms with Gasteiger partial charge in [-0.2, -0.15) is 0 Å². The van der Waals surface area contributed by atoms with E-state index < -0.39 is 0 Å². The summed E-state index contributed by atoms with van der Waals surface area (Å²) in [7, 11) is 0. The van der Waals surface area contributed by atoms with E-state index in [4.69, 9.17) is 10.5 Å². The molecule has 1 fully saturated rings. The molecule has 0 amide bonds. The Kier molecular flexibility index (Phi) is 3.38. The van der Waals surface area contributed by atoms with Crippen LogP contribution in [0.25, 0.3) is 0 Å². The molecule has 0 aliphatic carbocycles. The van der Waals surface area contributed by atoms with Crippen LogP contribution in [-0.4, -0.2) is 24.7 Å². The standard InChI is InChI=1S/C11H18N2OS/c1-11(4-2-6-14-8-11)9-7-13-10(15-9)3-5-12/h7H,2-6,8,12H2,1H3. The molecule has 2 N–H and O–H groups in total. The van der Waals surface area contributed by atoms with Crippen molar-refractivity contribution >= 4 is 11.3 Å². The number of rotatable bonds is 3. The second-order valence-electron chi connectivity index (χ2n) is 4.37. The maximum Gasteiger partial charge on any atom is 0.0940 e. The summed E-state index contributed by atoms with van der Waals surface area (Å²) >= 11 is 1.79. The Bertz CT molecular complexity index is 318. The molecule has 84 valence electrons. The molecule has 1 aliphatic rings. The van der Waals surface area contributed by atoms with Gasteiger partial charge in [0.1, 0.15) is 0 Å². The first kappa shape index (κ1) is 11.0. The summed E-state index contributed by atoms with van der Waals surface area (Å²) in [5, 5.41) is 1.15. The van der Waals surface area contributed by atoms with Gasteiger partial charge in [0.25, 0.3) is 0 Å². The third-order valence-electron chi connectivity index (χ3n) is 2.94. The van der Waals surface area contributed by atoms with Crippen molar-refractivity contribution in [2.24, 2.45) is 5.73 Å². The third-order valence-corrected chi connectivity index (χ3v) is 4.31. The Labute approximate surface area is 94.7 Å². The van der Waals surface area contributed by atoms with Gasteiger partial charge in [0.15, 0.2) is 0 Å². The van der Waals surface area contributed by atoms with Gasteiger partial charge in [-0.05, 0) is 19.4 Å². The number of hydrogen-bond donors (Lipinski definition) is 1. The summed E-state index contributed by atoms with van der Waals surface area (Å²) in [6.07, 6.45) is 5.25. The first-order valence-electron chi connectivity index (χ1n) is 5.47. The van der Waals surface area contributed by atoms with Crippen LogP contribution < -0.4 is 5.73 Å². The number of nitrogens with two attached hydrogens (primary N) is 1. The van der Waals surface area contributed by atoms with Gasteiger partial charge in [0.2, 0.25) is 0 Å². The fraction of sp³-hybridized carbons (Fsp3) is 0.727. The summed E-state index contributed by atoms with van der Waals surface area (Å²) < 4.78 is 5.56. The van der Waals surface area contributed by atoms with Crippen molar-refractivity contribution in [3.63, 3.8) is 0 Å². The average molecular weight is 226 g/mol. The van der Waals surface area contributed by atoms with E-state index in [2.05, 4.69) is 11.9 Å². The molecule has 1 unspecified atom stereocenters. The van der Waals surface area contributed by atoms with Crippen LogP contribution in [0, 0.1) is 0 Å². The molecule has 15 heavy (non-hydrogen) atoms. The Balaban J connectivity index is 2.12. The zero-order valence-electron chi connectivity index (χ0n) is 9.16. The van der Waals surface area contributed by atoms with Crippen LogP contribution in [0.2, 0.25) is 0 Å². The second-order valence-corrected chi connectivity index (χ2v) is 5.49. The summed E-state index contributed by atoms with van der Waals surface area (Å²) in [6.45, 7) is 4.69. The van der Waals surface area contributed by atoms with Crippen LogP contribution in [0.4, 0.5) is 0 Å². The molecule has 0 radical (unpaired) electrons. The van der Waals surface area contributed by atoms with Crippen molar-refractivity contribution in [2.45, 2.75) is 31.6 Å². The highest BCUT2D eigenvalue weighted by Gasteiger charge is 2.31. The molecule has 0 saturated carbocycles. The molecule has 1 aromatic rings. The molecule has 3 nitrogen and oxygen atoms in total. The van der Waals surface area contributed by atoms with Crippen LogP contribution in [0.5, 0.6) is 0 Å². The predicted octanol–water partition coefficient (Wildman–Crippen LogP) is 1.71. The van der Waals surface area contributed by atoms with Gasteiger partial charge < -0.3 is 10.5 Å². The average Bonchev–Trinajstić information content (AvgIpc) is 2.69. The van der Waals surface area contributed by atoms with E-state index in [9.17, 15) is 0 Å². The van der Waals surface area contributed by atoms with Gasteiger partial charge in [-0.3, -0.25) is 0 Å². The summed E-state index contributed by atoms with van der Waals surface area (Å²) in [4.78, 5) is 5.76. The molecule has 0 aromatic carbocycles. The van der Waals surface area contributed by atoms with Crippen molar-refractivity contribution < 1.29 is 4.74 Å². The normalized spacial score (nSPS) is 26.8. The SMILES string of the molecule is CC1(c2cnc(CCN)s2)CCCOC1. The molecule has 1 aromatic heterocycles. The molecule has 1 saturated heterocycles. The lowest BCUT2D eigenvalue weighted by Gasteiger charge is -2.32. The highest BCUT2D eigenvalue weighted by atomic mass is 32.1. The van der Waals surface area contributed by atoms with E-state index in [1.165, 1.54) is 11.3 Å². The van der Waals surface area contributed by atoms with E-state index in [0.29, 0.717) is 6.54 Å². The van der Waals surface area contributed by atoms with Crippen molar-refractivity contribution in [3.8, 4) is 0 Å². The van der Waals surface area contributed by atoms with Crippen molar-refractivity contribution in [1.82, 2.24) is 4.98 Å². The van der Waals surface area contributed by atoms with Crippen molar-refractivity contribution in [2.75, 3.05) is 19.8 Å². The molecular formula is C11H18N2OS. The maximum absolute atomic E-state index is 5.56. The smallest absolute Gasteiger partial charge is 0.0940 e. The lowest BCUT2D eigenvalue weighted by atomic mass is 9.84. The van der Waals surface area contributed by atoms with Crippen LogP contribution in [-0.2, 0) is 16.6 Å². The minimum atomic E-state index is 0.183. The Morgan fingerprint density at radius 2 is 2.53 bits per heavy atom. The van der Waals surface area contributed by atoms with E-state index in [1.54, 1.807) is 11.3 Å². The third kappa shape index (κ3) is 2.38. The van der Waals surface area contributed by atoms with Crippen molar-refractivity contribution in [1.29, 1.82) is 0 Å². The largest absolute Gasteiger partial charge is 0.381 e. The zero-order chi connectivity index (χ0) is 10.7. The van der Waals surface area contributed by atoms with E-state index in [1.807, 2.05) is 6.20 Å². The van der Waals surface area contributed by atoms with E-state index in [0.717, 1.165) is 31.1 Å². The van der Waals surface area contributed by atoms with E-state index in [-0.39, 0.29) is 5.41 Å². The van der Waals surface area contributed by atoms with Crippen LogP contribution in [0.3, 0.4) is 0 Å². The van der Waals surface area contributed by atoms with Gasteiger partial charge in [0.05, 0.1) is 11.6 Å². The molecule has 0 bridgehead atoms. The quantitative estimate of drug-likeness (QED) is 0.853. The number of nitrogens with zero attached hydrogens (tertiary/aromatic N) is 1. The van der Waals surface area contributed by atoms with Gasteiger partial charge in [-0.25, -0.2) is 4.98 Å². The second kappa shape index (κ2) is 4.60. The predicted molar refractivity (Wildman–Crippen MR) is 62.3 cm³/mol. The maximum atomic E-state index is 5.56. The van der Waals surface area contributed by atoms with Crippen LogP contribution in [0.15, 0.2) is 6.20 Å². The number of ether oxygens (including phenoxy) is 1. The summed E-state index contributed by atoms with van der Waals surface area (Å²) in [5.74, 6) is 0. The molecule has 2 heterocycles. The Morgan fingerprint density at radius 1 is 1.67 bits per heavy atom. The lowest BCUT2D eigenvalue weighted by molar-refractivity contribution is 0.0433. The molecule has 2 rings (SSSR count). The highest BCUT2D eigenvalue weighted by molar-refractivity contribution is 7.11. The molecule has 4 heteroatoms. The summed E-state index contributed by atoms with van der Waals surface area (Å²) in [6, 6.07) is 0. The minimum absolute atomic E-state index is 0.183. The highest BCUT2D eigenvalue weighted by Crippen LogP contribution is 2.35. The van der Waals surface area contributed by atoms with Gasteiger partial charge >= 0.3 is 0 Å². The number of thiazole rings is 1. The monoisotopic (exact) mass is 226 g/mol. The van der Waals surface area contributed by atoms with Crippen LogP contribution in [0.1, 0.15) is 29.7 Å². The zero-order valence-corrected chi connectivity index (χ0v) is 9.98. The van der Waals surface area contributed by atoms with Gasteiger partial charge in [0, 0.05) is 29.5 Å². The van der Waals surface area contributed by atoms with Gasteiger partial charge in [-0.15, -0.1) is 11.3 Å². The molecule has 1 aliphatic heterocycles.